The summed E-state index contributed by atoms with van der Waals surface area (Å²) in [4.78, 5) is 13.4. The Hall–Kier alpha value is -2.25. The van der Waals surface area contributed by atoms with Crippen LogP contribution < -0.4 is 5.73 Å². The third-order valence-corrected chi connectivity index (χ3v) is 4.55. The van der Waals surface area contributed by atoms with E-state index in [0.717, 1.165) is 37.1 Å². The van der Waals surface area contributed by atoms with E-state index in [2.05, 4.69) is 15.2 Å². The fourth-order valence-corrected chi connectivity index (χ4v) is 3.16. The highest BCUT2D eigenvalue weighted by Crippen LogP contribution is 2.24. The quantitative estimate of drug-likeness (QED) is 0.855. The molecular weight excluding hydrogens is 306 g/mol. The zero-order valence-corrected chi connectivity index (χ0v) is 13.8. The van der Waals surface area contributed by atoms with Crippen molar-refractivity contribution >= 4 is 5.91 Å². The van der Waals surface area contributed by atoms with Gasteiger partial charge in [0.1, 0.15) is 0 Å². The first kappa shape index (κ1) is 16.6. The van der Waals surface area contributed by atoms with Gasteiger partial charge in [0.25, 0.3) is 5.91 Å². The van der Waals surface area contributed by atoms with Crippen LogP contribution in [0.4, 0.5) is 0 Å². The Bertz CT molecular complexity index is 707. The Kier molecular flexibility index (Phi) is 4.92. The lowest BCUT2D eigenvalue weighted by atomic mass is 10.0. The van der Waals surface area contributed by atoms with Crippen molar-refractivity contribution in [2.75, 3.05) is 19.6 Å². The van der Waals surface area contributed by atoms with Crippen molar-refractivity contribution in [1.29, 1.82) is 0 Å². The molecule has 7 nitrogen and oxygen atoms in total. The maximum atomic E-state index is 11.1. The predicted octanol–water partition coefficient (Wildman–Crippen LogP) is 1.06. The molecule has 1 amide bonds. The van der Waals surface area contributed by atoms with Gasteiger partial charge in [0.15, 0.2) is 5.69 Å². The van der Waals surface area contributed by atoms with Gasteiger partial charge in [-0.15, -0.1) is 5.10 Å². The minimum atomic E-state index is -0.556. The molecule has 0 spiro atoms. The fraction of sp³-hybridized carbons (Fsp3) is 0.471. The van der Waals surface area contributed by atoms with Crippen LogP contribution in [-0.4, -0.2) is 50.5 Å². The molecule has 2 aromatic rings. The molecule has 1 atom stereocenters. The van der Waals surface area contributed by atoms with Gasteiger partial charge in [0.05, 0.1) is 18.3 Å². The van der Waals surface area contributed by atoms with Crippen LogP contribution in [0.5, 0.6) is 0 Å². The molecule has 0 aliphatic carbocycles. The van der Waals surface area contributed by atoms with Gasteiger partial charge < -0.3 is 15.7 Å². The van der Waals surface area contributed by atoms with E-state index in [4.69, 9.17) is 5.73 Å². The number of aryl methyl sites for hydroxylation is 1. The van der Waals surface area contributed by atoms with E-state index < -0.39 is 12.0 Å². The normalized spacial score (nSPS) is 17.8. The van der Waals surface area contributed by atoms with Crippen molar-refractivity contribution < 1.29 is 9.90 Å². The van der Waals surface area contributed by atoms with Crippen LogP contribution in [0.25, 0.3) is 0 Å². The van der Waals surface area contributed by atoms with Crippen molar-refractivity contribution in [2.45, 2.75) is 31.9 Å². The Morgan fingerprint density at radius 2 is 2.17 bits per heavy atom. The number of aliphatic hydroxyl groups excluding tert-OH is 1. The zero-order valence-electron chi connectivity index (χ0n) is 13.8. The Labute approximate surface area is 141 Å². The number of hydrogen-bond acceptors (Lipinski definition) is 5. The molecule has 1 aromatic carbocycles. The van der Waals surface area contributed by atoms with E-state index in [1.165, 1.54) is 0 Å². The average molecular weight is 329 g/mol. The minimum Gasteiger partial charge on any atom is -0.387 e. The number of likely N-dealkylation sites (tertiary alicyclic amines) is 1. The summed E-state index contributed by atoms with van der Waals surface area (Å²) in [5.41, 5.74) is 7.52. The number of primary amides is 1. The van der Waals surface area contributed by atoms with Gasteiger partial charge in [-0.2, -0.15) is 0 Å². The van der Waals surface area contributed by atoms with E-state index in [9.17, 15) is 9.90 Å². The highest BCUT2D eigenvalue weighted by Gasteiger charge is 2.24. The number of benzene rings is 1. The summed E-state index contributed by atoms with van der Waals surface area (Å²) < 4.78 is 1.73. The summed E-state index contributed by atoms with van der Waals surface area (Å²) in [6.45, 7) is 4.40. The number of nitrogens with two attached hydrogens (primary N) is 1. The number of piperidine rings is 1. The van der Waals surface area contributed by atoms with E-state index in [1.54, 1.807) is 10.9 Å². The number of hydrogen-bond donors (Lipinski definition) is 2. The molecule has 3 N–H and O–H groups in total. The SMILES string of the molecule is Cc1cccc(C(O)CN2CCC(n3cc(C(N)=O)nn3)CC2)c1. The highest BCUT2D eigenvalue weighted by molar-refractivity contribution is 5.90. The largest absolute Gasteiger partial charge is 0.387 e. The number of aromatic nitrogens is 3. The summed E-state index contributed by atoms with van der Waals surface area (Å²) in [5.74, 6) is -0.556. The zero-order chi connectivity index (χ0) is 17.1. The van der Waals surface area contributed by atoms with E-state index in [0.29, 0.717) is 6.54 Å². The molecule has 1 saturated heterocycles. The van der Waals surface area contributed by atoms with Crippen LogP contribution in [0.1, 0.15) is 46.6 Å². The second kappa shape index (κ2) is 7.11. The molecule has 128 valence electrons. The Morgan fingerprint density at radius 3 is 2.79 bits per heavy atom. The molecule has 2 heterocycles. The third kappa shape index (κ3) is 3.80. The molecule has 24 heavy (non-hydrogen) atoms. The minimum absolute atomic E-state index is 0.201. The number of aliphatic hydroxyl groups is 1. The van der Waals surface area contributed by atoms with Crippen molar-refractivity contribution in [3.8, 4) is 0 Å². The van der Waals surface area contributed by atoms with Crippen molar-refractivity contribution in [3.63, 3.8) is 0 Å². The number of rotatable bonds is 5. The molecule has 1 aliphatic rings. The summed E-state index contributed by atoms with van der Waals surface area (Å²) in [5, 5.41) is 18.2. The maximum Gasteiger partial charge on any atom is 0.270 e. The summed E-state index contributed by atoms with van der Waals surface area (Å²) in [6.07, 6.45) is 2.95. The number of carbonyl (C=O) groups is 1. The highest BCUT2D eigenvalue weighted by atomic mass is 16.3. The van der Waals surface area contributed by atoms with Gasteiger partial charge >= 0.3 is 0 Å². The standard InChI is InChI=1S/C17H23N5O2/c1-12-3-2-4-13(9-12)16(23)11-21-7-5-14(6-8-21)22-10-15(17(18)24)19-20-22/h2-4,9-10,14,16,23H,5-8,11H2,1H3,(H2,18,24). The van der Waals surface area contributed by atoms with E-state index in [-0.39, 0.29) is 11.7 Å². The maximum absolute atomic E-state index is 11.1. The van der Waals surface area contributed by atoms with Gasteiger partial charge in [0, 0.05) is 19.6 Å². The summed E-state index contributed by atoms with van der Waals surface area (Å²) in [7, 11) is 0. The van der Waals surface area contributed by atoms with Crippen LogP contribution in [0, 0.1) is 6.92 Å². The van der Waals surface area contributed by atoms with E-state index in [1.807, 2.05) is 31.2 Å². The monoisotopic (exact) mass is 329 g/mol. The second-order valence-corrected chi connectivity index (χ2v) is 6.41. The lowest BCUT2D eigenvalue weighted by Crippen LogP contribution is -2.37. The molecule has 7 heteroatoms. The van der Waals surface area contributed by atoms with Crippen molar-refractivity contribution in [2.24, 2.45) is 5.73 Å². The number of β-amino-alcohol motifs (C(OH)–C–C–N with tert-alkyl or cyclic N) is 1. The lowest BCUT2D eigenvalue weighted by molar-refractivity contribution is 0.0886. The molecule has 0 saturated carbocycles. The first-order valence-corrected chi connectivity index (χ1v) is 8.21. The average Bonchev–Trinajstić information content (AvgIpc) is 3.06. The van der Waals surface area contributed by atoms with Gasteiger partial charge in [-0.25, -0.2) is 4.68 Å². The van der Waals surface area contributed by atoms with Crippen LogP contribution in [-0.2, 0) is 0 Å². The van der Waals surface area contributed by atoms with E-state index >= 15 is 0 Å². The lowest BCUT2D eigenvalue weighted by Gasteiger charge is -2.33. The van der Waals surface area contributed by atoms with Crippen molar-refractivity contribution in [3.05, 3.63) is 47.3 Å². The number of amides is 1. The fourth-order valence-electron chi connectivity index (χ4n) is 3.16. The Balaban J connectivity index is 1.54. The van der Waals surface area contributed by atoms with Gasteiger partial charge in [-0.3, -0.25) is 4.79 Å². The van der Waals surface area contributed by atoms with Crippen LogP contribution in [0.2, 0.25) is 0 Å². The van der Waals surface area contributed by atoms with Crippen LogP contribution in [0.15, 0.2) is 30.5 Å². The Morgan fingerprint density at radius 1 is 1.42 bits per heavy atom. The van der Waals surface area contributed by atoms with Gasteiger partial charge in [-0.1, -0.05) is 35.0 Å². The smallest absolute Gasteiger partial charge is 0.270 e. The molecule has 1 fully saturated rings. The molecule has 0 radical (unpaired) electrons. The van der Waals surface area contributed by atoms with Crippen LogP contribution >= 0.6 is 0 Å². The van der Waals surface area contributed by atoms with Crippen molar-refractivity contribution in [1.82, 2.24) is 19.9 Å². The predicted molar refractivity (Wildman–Crippen MR) is 89.4 cm³/mol. The molecular formula is C17H23N5O2. The summed E-state index contributed by atoms with van der Waals surface area (Å²) >= 11 is 0. The first-order chi connectivity index (χ1) is 11.5. The van der Waals surface area contributed by atoms with Gasteiger partial charge in [-0.05, 0) is 25.3 Å². The number of nitrogens with zero attached hydrogens (tertiary/aromatic N) is 4. The molecule has 1 aliphatic heterocycles. The first-order valence-electron chi connectivity index (χ1n) is 8.21. The summed E-state index contributed by atoms with van der Waals surface area (Å²) in [6, 6.07) is 8.21. The van der Waals surface area contributed by atoms with Gasteiger partial charge in [0.2, 0.25) is 0 Å². The second-order valence-electron chi connectivity index (χ2n) is 6.41. The van der Waals surface area contributed by atoms with Crippen LogP contribution in [0.3, 0.4) is 0 Å². The molecule has 1 unspecified atom stereocenters. The molecule has 1 aromatic heterocycles. The molecule has 0 bridgehead atoms. The topological polar surface area (TPSA) is 97.3 Å². The third-order valence-electron chi connectivity index (χ3n) is 4.55. The molecule has 3 rings (SSSR count). The number of carbonyl (C=O) groups excluding carboxylic acids is 1.